The highest BCUT2D eigenvalue weighted by Gasteiger charge is 2.23. The fraction of sp³-hybridized carbons (Fsp3) is 0.542. The van der Waals surface area contributed by atoms with E-state index in [-0.39, 0.29) is 5.92 Å². The van der Waals surface area contributed by atoms with Crippen molar-refractivity contribution in [2.24, 2.45) is 0 Å². The van der Waals surface area contributed by atoms with E-state index in [0.29, 0.717) is 25.1 Å². The normalized spacial score (nSPS) is 15.2. The Morgan fingerprint density at radius 2 is 1.97 bits per heavy atom. The predicted octanol–water partition coefficient (Wildman–Crippen LogP) is 5.03. The quantitative estimate of drug-likeness (QED) is 0.574. The van der Waals surface area contributed by atoms with Crippen LogP contribution < -0.4 is 15.0 Å². The molecule has 166 valence electrons. The Morgan fingerprint density at radius 1 is 1.23 bits per heavy atom. The van der Waals surface area contributed by atoms with E-state index in [1.807, 2.05) is 6.92 Å². The lowest BCUT2D eigenvalue weighted by Gasteiger charge is -2.36. The van der Waals surface area contributed by atoms with Crippen LogP contribution in [-0.2, 0) is 4.74 Å². The minimum atomic E-state index is 0.217. The number of hydrogen-bond acceptors (Lipinski definition) is 7. The summed E-state index contributed by atoms with van der Waals surface area (Å²) in [6.45, 7) is 9.28. The van der Waals surface area contributed by atoms with Crippen LogP contribution in [0.4, 0.5) is 17.1 Å². The van der Waals surface area contributed by atoms with E-state index >= 15 is 0 Å². The molecule has 2 heterocycles. The number of hydrogen-bond donors (Lipinski definition) is 1. The molecule has 3 rings (SSSR count). The molecule has 0 radical (unpaired) electrons. The second-order valence-corrected chi connectivity index (χ2v) is 7.69. The van der Waals surface area contributed by atoms with Gasteiger partial charge in [-0.05, 0) is 56.7 Å². The Bertz CT molecular complexity index is 859. The van der Waals surface area contributed by atoms with Gasteiger partial charge in [0.25, 0.3) is 0 Å². The molecular formula is C24H33N5O2. The molecule has 1 aromatic carbocycles. The van der Waals surface area contributed by atoms with Crippen LogP contribution in [0.25, 0.3) is 0 Å². The zero-order valence-electron chi connectivity index (χ0n) is 18.8. The highest BCUT2D eigenvalue weighted by molar-refractivity contribution is 5.76. The molecule has 0 spiro atoms. The van der Waals surface area contributed by atoms with Crippen molar-refractivity contribution in [3.8, 4) is 12.1 Å². The molecule has 1 N–H and O–H groups in total. The molecule has 2 aromatic rings. The van der Waals surface area contributed by atoms with Gasteiger partial charge in [-0.3, -0.25) is 0 Å². The minimum Gasteiger partial charge on any atom is -0.464 e. The summed E-state index contributed by atoms with van der Waals surface area (Å²) < 4.78 is 10.9. The summed E-state index contributed by atoms with van der Waals surface area (Å²) in [5.41, 5.74) is 4.14. The fourth-order valence-electron chi connectivity index (χ4n) is 4.13. The summed E-state index contributed by atoms with van der Waals surface area (Å²) in [7, 11) is 0. The van der Waals surface area contributed by atoms with Crippen LogP contribution in [0.5, 0.6) is 6.01 Å². The van der Waals surface area contributed by atoms with Gasteiger partial charge in [-0.15, -0.1) is 0 Å². The second kappa shape index (κ2) is 11.5. The summed E-state index contributed by atoms with van der Waals surface area (Å²) in [6.07, 6.45) is 6.97. The molecule has 7 nitrogen and oxygen atoms in total. The summed E-state index contributed by atoms with van der Waals surface area (Å²) in [5, 5.41) is 12.8. The van der Waals surface area contributed by atoms with Gasteiger partial charge in [-0.2, -0.15) is 5.26 Å². The van der Waals surface area contributed by atoms with E-state index in [0.717, 1.165) is 56.1 Å². The molecule has 1 aliphatic rings. The van der Waals surface area contributed by atoms with E-state index in [2.05, 4.69) is 58.3 Å². The lowest BCUT2D eigenvalue weighted by atomic mass is 9.92. The summed E-state index contributed by atoms with van der Waals surface area (Å²) in [6, 6.07) is 9.68. The van der Waals surface area contributed by atoms with Gasteiger partial charge in [0.1, 0.15) is 0 Å². The Balaban J connectivity index is 1.95. The smallest absolute Gasteiger partial charge is 0.316 e. The van der Waals surface area contributed by atoms with E-state index < -0.39 is 0 Å². The number of rotatable bonds is 10. The van der Waals surface area contributed by atoms with Crippen LogP contribution in [0.15, 0.2) is 30.6 Å². The van der Waals surface area contributed by atoms with Crippen molar-refractivity contribution in [3.63, 3.8) is 0 Å². The van der Waals surface area contributed by atoms with E-state index in [4.69, 9.17) is 9.47 Å². The third-order valence-corrected chi connectivity index (χ3v) is 5.78. The van der Waals surface area contributed by atoms with Crippen molar-refractivity contribution >= 4 is 17.1 Å². The van der Waals surface area contributed by atoms with Gasteiger partial charge < -0.3 is 19.7 Å². The molecular weight excluding hydrogens is 390 g/mol. The zero-order chi connectivity index (χ0) is 22.1. The molecule has 0 saturated carbocycles. The van der Waals surface area contributed by atoms with E-state index in [9.17, 15) is 5.26 Å². The van der Waals surface area contributed by atoms with Crippen molar-refractivity contribution in [3.05, 3.63) is 36.2 Å². The van der Waals surface area contributed by atoms with E-state index in [1.54, 1.807) is 12.4 Å². The van der Waals surface area contributed by atoms with Crippen LogP contribution in [0.2, 0.25) is 0 Å². The third-order valence-electron chi connectivity index (χ3n) is 5.78. The molecule has 1 fully saturated rings. The number of anilines is 3. The first-order chi connectivity index (χ1) is 15.2. The number of aromatic nitrogens is 2. The van der Waals surface area contributed by atoms with Crippen molar-refractivity contribution < 1.29 is 9.47 Å². The first-order valence-electron chi connectivity index (χ1n) is 11.3. The van der Waals surface area contributed by atoms with Crippen LogP contribution in [-0.4, -0.2) is 42.4 Å². The molecule has 1 aliphatic heterocycles. The number of nitrogens with zero attached hydrogens (tertiary/aromatic N) is 4. The maximum Gasteiger partial charge on any atom is 0.316 e. The lowest BCUT2D eigenvalue weighted by Crippen LogP contribution is -2.39. The molecule has 0 unspecified atom stereocenters. The maximum absolute atomic E-state index is 9.24. The van der Waals surface area contributed by atoms with Gasteiger partial charge in [0.15, 0.2) is 0 Å². The maximum atomic E-state index is 9.24. The highest BCUT2D eigenvalue weighted by atomic mass is 16.5. The second-order valence-electron chi connectivity index (χ2n) is 7.69. The summed E-state index contributed by atoms with van der Waals surface area (Å²) in [5.74, 6) is 0.217. The van der Waals surface area contributed by atoms with Gasteiger partial charge in [-0.1, -0.05) is 13.0 Å². The Hall–Kier alpha value is -2.85. The SMILES string of the molecule is CCOc1ncc(Nc2cc([C@H](CC)CC#N)ccc2N(CC)C2CCOCC2)cn1. The molecule has 31 heavy (non-hydrogen) atoms. The topological polar surface area (TPSA) is 83.3 Å². The molecule has 1 saturated heterocycles. The zero-order valence-corrected chi connectivity index (χ0v) is 18.8. The molecule has 1 aromatic heterocycles. The van der Waals surface area contributed by atoms with Gasteiger partial charge in [0.05, 0.1) is 42.1 Å². The van der Waals surface area contributed by atoms with Gasteiger partial charge >= 0.3 is 6.01 Å². The Morgan fingerprint density at radius 3 is 2.58 bits per heavy atom. The summed E-state index contributed by atoms with van der Waals surface area (Å²) in [4.78, 5) is 11.0. The minimum absolute atomic E-state index is 0.217. The van der Waals surface area contributed by atoms with Gasteiger partial charge in [0, 0.05) is 32.2 Å². The first-order valence-corrected chi connectivity index (χ1v) is 11.3. The Labute approximate surface area is 185 Å². The molecule has 0 amide bonds. The summed E-state index contributed by atoms with van der Waals surface area (Å²) >= 11 is 0. The predicted molar refractivity (Wildman–Crippen MR) is 123 cm³/mol. The molecule has 0 bridgehead atoms. The Kier molecular flexibility index (Phi) is 8.48. The number of ether oxygens (including phenoxy) is 2. The van der Waals surface area contributed by atoms with Crippen LogP contribution >= 0.6 is 0 Å². The molecule has 1 atom stereocenters. The average Bonchev–Trinajstić information content (AvgIpc) is 2.81. The largest absolute Gasteiger partial charge is 0.464 e. The van der Waals surface area contributed by atoms with Crippen molar-refractivity contribution in [2.45, 2.75) is 58.4 Å². The van der Waals surface area contributed by atoms with Crippen LogP contribution in [0.1, 0.15) is 57.9 Å². The standard InChI is InChI=1S/C24H33N5O2/c1-4-18(9-12-25)19-7-8-23(29(5-2)21-10-13-30-14-11-21)22(15-19)28-20-16-26-24(27-17-20)31-6-3/h7-8,15-18,21,28H,4-6,9-11,13-14H2,1-3H3/t18-/m1/s1. The molecule has 0 aliphatic carbocycles. The van der Waals surface area contributed by atoms with Crippen molar-refractivity contribution in [1.82, 2.24) is 9.97 Å². The first kappa shape index (κ1) is 22.8. The van der Waals surface area contributed by atoms with Crippen molar-refractivity contribution in [1.29, 1.82) is 5.26 Å². The number of nitriles is 1. The van der Waals surface area contributed by atoms with Crippen LogP contribution in [0, 0.1) is 11.3 Å². The average molecular weight is 424 g/mol. The van der Waals surface area contributed by atoms with E-state index in [1.165, 1.54) is 5.56 Å². The van der Waals surface area contributed by atoms with Crippen molar-refractivity contribution in [2.75, 3.05) is 36.6 Å². The number of nitrogens with one attached hydrogen (secondary N) is 1. The van der Waals surface area contributed by atoms with Gasteiger partial charge in [-0.25, -0.2) is 9.97 Å². The van der Waals surface area contributed by atoms with Crippen LogP contribution in [0.3, 0.4) is 0 Å². The highest BCUT2D eigenvalue weighted by Crippen LogP contribution is 2.36. The van der Waals surface area contributed by atoms with Gasteiger partial charge in [0.2, 0.25) is 0 Å². The fourth-order valence-corrected chi connectivity index (χ4v) is 4.13. The number of benzene rings is 1. The monoisotopic (exact) mass is 423 g/mol. The third kappa shape index (κ3) is 5.86. The lowest BCUT2D eigenvalue weighted by molar-refractivity contribution is 0.0846. The molecule has 7 heteroatoms.